The van der Waals surface area contributed by atoms with Crippen LogP contribution < -0.4 is 14.8 Å². The van der Waals surface area contributed by atoms with E-state index >= 15 is 0 Å². The number of nitro benzene ring substituents is 1. The van der Waals surface area contributed by atoms with Gasteiger partial charge in [0.25, 0.3) is 5.69 Å². The SMILES string of the molecule is O=[N+]([O-])c1cc2c(cc1[C@@H](CO)N1CCNCC1)OCO2. The zero-order valence-corrected chi connectivity index (χ0v) is 11.4. The van der Waals surface area contributed by atoms with Gasteiger partial charge in [0.05, 0.1) is 29.2 Å². The number of aliphatic hydroxyl groups excluding tert-OH is 1. The van der Waals surface area contributed by atoms with E-state index in [9.17, 15) is 15.2 Å². The molecule has 0 saturated carbocycles. The van der Waals surface area contributed by atoms with Gasteiger partial charge in [-0.3, -0.25) is 15.0 Å². The summed E-state index contributed by atoms with van der Waals surface area (Å²) in [5.41, 5.74) is 0.422. The number of aliphatic hydroxyl groups is 1. The van der Waals surface area contributed by atoms with Crippen molar-refractivity contribution in [2.24, 2.45) is 0 Å². The second-order valence-electron chi connectivity index (χ2n) is 5.01. The highest BCUT2D eigenvalue weighted by Crippen LogP contribution is 2.41. The summed E-state index contributed by atoms with van der Waals surface area (Å²) in [4.78, 5) is 12.9. The summed E-state index contributed by atoms with van der Waals surface area (Å²) in [5, 5.41) is 24.3. The van der Waals surface area contributed by atoms with Gasteiger partial charge in [0.15, 0.2) is 11.5 Å². The summed E-state index contributed by atoms with van der Waals surface area (Å²) >= 11 is 0. The van der Waals surface area contributed by atoms with Crippen LogP contribution in [0.4, 0.5) is 5.69 Å². The Kier molecular flexibility index (Phi) is 3.91. The summed E-state index contributed by atoms with van der Waals surface area (Å²) < 4.78 is 10.5. The number of benzene rings is 1. The largest absolute Gasteiger partial charge is 0.454 e. The van der Waals surface area contributed by atoms with Gasteiger partial charge in [-0.25, -0.2) is 0 Å². The van der Waals surface area contributed by atoms with Crippen LogP contribution in [0.1, 0.15) is 11.6 Å². The highest BCUT2D eigenvalue weighted by molar-refractivity contribution is 5.56. The number of ether oxygens (including phenoxy) is 2. The predicted molar refractivity (Wildman–Crippen MR) is 73.5 cm³/mol. The third kappa shape index (κ3) is 2.65. The van der Waals surface area contributed by atoms with Crippen LogP contribution in [0.25, 0.3) is 0 Å². The molecule has 0 spiro atoms. The van der Waals surface area contributed by atoms with Crippen LogP contribution in [-0.4, -0.2) is 54.5 Å². The lowest BCUT2D eigenvalue weighted by atomic mass is 10.0. The zero-order chi connectivity index (χ0) is 14.8. The highest BCUT2D eigenvalue weighted by Gasteiger charge is 2.31. The molecule has 2 aliphatic heterocycles. The fourth-order valence-electron chi connectivity index (χ4n) is 2.78. The predicted octanol–water partition coefficient (Wildman–Crippen LogP) is 0.262. The Balaban J connectivity index is 1.99. The molecule has 114 valence electrons. The molecule has 0 unspecified atom stereocenters. The molecule has 0 amide bonds. The summed E-state index contributed by atoms with van der Waals surface area (Å²) in [6.07, 6.45) is 0. The summed E-state index contributed by atoms with van der Waals surface area (Å²) in [6, 6.07) is 2.58. The molecule has 1 aromatic carbocycles. The Hall–Kier alpha value is -1.90. The van der Waals surface area contributed by atoms with Crippen LogP contribution in [0.3, 0.4) is 0 Å². The van der Waals surface area contributed by atoms with Gasteiger partial charge in [-0.1, -0.05) is 0 Å². The monoisotopic (exact) mass is 295 g/mol. The topological polar surface area (TPSA) is 97.1 Å². The second-order valence-corrected chi connectivity index (χ2v) is 5.01. The van der Waals surface area contributed by atoms with Crippen LogP contribution in [0, 0.1) is 10.1 Å². The minimum absolute atomic E-state index is 0.0446. The van der Waals surface area contributed by atoms with E-state index in [2.05, 4.69) is 5.32 Å². The summed E-state index contributed by atoms with van der Waals surface area (Å²) in [5.74, 6) is 0.867. The summed E-state index contributed by atoms with van der Waals surface area (Å²) in [7, 11) is 0. The first-order chi connectivity index (χ1) is 10.2. The van der Waals surface area contributed by atoms with Crippen LogP contribution in [0.2, 0.25) is 0 Å². The average Bonchev–Trinajstić information content (AvgIpc) is 2.95. The van der Waals surface area contributed by atoms with Crippen molar-refractivity contribution in [2.75, 3.05) is 39.6 Å². The van der Waals surface area contributed by atoms with E-state index in [-0.39, 0.29) is 19.1 Å². The molecular weight excluding hydrogens is 278 g/mol. The lowest BCUT2D eigenvalue weighted by Crippen LogP contribution is -2.46. The molecule has 1 fully saturated rings. The minimum atomic E-state index is -0.442. The van der Waals surface area contributed by atoms with E-state index in [1.54, 1.807) is 6.07 Å². The van der Waals surface area contributed by atoms with Crippen molar-refractivity contribution in [3.63, 3.8) is 0 Å². The van der Waals surface area contributed by atoms with Crippen molar-refractivity contribution < 1.29 is 19.5 Å². The van der Waals surface area contributed by atoms with Crippen molar-refractivity contribution >= 4 is 5.69 Å². The standard InChI is InChI=1S/C13H17N3O5/c17-7-11(15-3-1-14-2-4-15)9-5-12-13(21-8-20-12)6-10(9)16(18)19/h5-6,11,14,17H,1-4,7-8H2/t11-/m1/s1. The molecule has 0 aliphatic carbocycles. The Morgan fingerprint density at radius 3 is 2.62 bits per heavy atom. The minimum Gasteiger partial charge on any atom is -0.454 e. The molecule has 8 heteroatoms. The molecule has 2 aliphatic rings. The van der Waals surface area contributed by atoms with Crippen LogP contribution in [-0.2, 0) is 0 Å². The van der Waals surface area contributed by atoms with E-state index in [4.69, 9.17) is 9.47 Å². The van der Waals surface area contributed by atoms with E-state index in [0.29, 0.717) is 17.1 Å². The zero-order valence-electron chi connectivity index (χ0n) is 11.4. The number of fused-ring (bicyclic) bond motifs is 1. The third-order valence-corrected chi connectivity index (χ3v) is 3.84. The molecule has 2 N–H and O–H groups in total. The number of nitro groups is 1. The fraction of sp³-hybridized carbons (Fsp3) is 0.538. The van der Waals surface area contributed by atoms with E-state index in [0.717, 1.165) is 26.2 Å². The van der Waals surface area contributed by atoms with E-state index in [1.807, 2.05) is 4.90 Å². The van der Waals surface area contributed by atoms with Gasteiger partial charge in [0, 0.05) is 26.2 Å². The first-order valence-electron chi connectivity index (χ1n) is 6.84. The average molecular weight is 295 g/mol. The van der Waals surface area contributed by atoms with Crippen LogP contribution >= 0.6 is 0 Å². The molecule has 1 atom stereocenters. The molecule has 21 heavy (non-hydrogen) atoms. The number of piperazine rings is 1. The third-order valence-electron chi connectivity index (χ3n) is 3.84. The molecule has 0 bridgehead atoms. The van der Waals surface area contributed by atoms with Gasteiger partial charge in [0.1, 0.15) is 0 Å². The molecular formula is C13H17N3O5. The van der Waals surface area contributed by atoms with Gasteiger partial charge >= 0.3 is 0 Å². The normalized spacial score (nSPS) is 19.5. The fourth-order valence-corrected chi connectivity index (χ4v) is 2.78. The van der Waals surface area contributed by atoms with Crippen molar-refractivity contribution in [1.29, 1.82) is 0 Å². The first-order valence-corrected chi connectivity index (χ1v) is 6.84. The maximum absolute atomic E-state index is 11.3. The Morgan fingerprint density at radius 1 is 1.33 bits per heavy atom. The van der Waals surface area contributed by atoms with Crippen molar-refractivity contribution in [1.82, 2.24) is 10.2 Å². The lowest BCUT2D eigenvalue weighted by Gasteiger charge is -2.33. The van der Waals surface area contributed by atoms with Crippen molar-refractivity contribution in [3.8, 4) is 11.5 Å². The Morgan fingerprint density at radius 2 is 2.00 bits per heavy atom. The van der Waals surface area contributed by atoms with Gasteiger partial charge < -0.3 is 19.9 Å². The number of nitrogens with one attached hydrogen (secondary N) is 1. The van der Waals surface area contributed by atoms with Crippen LogP contribution in [0.15, 0.2) is 12.1 Å². The molecule has 0 radical (unpaired) electrons. The number of hydrogen-bond acceptors (Lipinski definition) is 7. The Labute approximate surface area is 121 Å². The molecule has 1 aromatic rings. The molecule has 2 heterocycles. The quantitative estimate of drug-likeness (QED) is 0.607. The molecule has 3 rings (SSSR count). The lowest BCUT2D eigenvalue weighted by molar-refractivity contribution is -0.386. The van der Waals surface area contributed by atoms with E-state index in [1.165, 1.54) is 6.07 Å². The number of hydrogen-bond donors (Lipinski definition) is 2. The van der Waals surface area contributed by atoms with Gasteiger partial charge in [0.2, 0.25) is 6.79 Å². The second kappa shape index (κ2) is 5.84. The molecule has 8 nitrogen and oxygen atoms in total. The van der Waals surface area contributed by atoms with Crippen LogP contribution in [0.5, 0.6) is 11.5 Å². The highest BCUT2D eigenvalue weighted by atomic mass is 16.7. The maximum atomic E-state index is 11.3. The van der Waals surface area contributed by atoms with Crippen molar-refractivity contribution in [2.45, 2.75) is 6.04 Å². The maximum Gasteiger partial charge on any atom is 0.278 e. The number of nitrogens with zero attached hydrogens (tertiary/aromatic N) is 2. The van der Waals surface area contributed by atoms with Gasteiger partial charge in [-0.15, -0.1) is 0 Å². The molecule has 0 aromatic heterocycles. The van der Waals surface area contributed by atoms with E-state index < -0.39 is 11.0 Å². The first kappa shape index (κ1) is 14.1. The Bertz CT molecular complexity index is 545. The number of rotatable bonds is 4. The van der Waals surface area contributed by atoms with Gasteiger partial charge in [-0.2, -0.15) is 0 Å². The van der Waals surface area contributed by atoms with Crippen molar-refractivity contribution in [3.05, 3.63) is 27.8 Å². The molecule has 1 saturated heterocycles. The summed E-state index contributed by atoms with van der Waals surface area (Å²) in [6.45, 7) is 2.95. The van der Waals surface area contributed by atoms with Gasteiger partial charge in [-0.05, 0) is 6.07 Å². The smallest absolute Gasteiger partial charge is 0.278 e.